The Labute approximate surface area is 117 Å². The van der Waals surface area contributed by atoms with Crippen molar-refractivity contribution in [1.82, 2.24) is 4.31 Å². The van der Waals surface area contributed by atoms with Gasteiger partial charge in [0.1, 0.15) is 6.07 Å². The van der Waals surface area contributed by atoms with Crippen LogP contribution >= 0.6 is 11.6 Å². The largest absolute Gasteiger partial charge is 0.243 e. The fourth-order valence-corrected chi connectivity index (χ4v) is 3.09. The maximum atomic E-state index is 12.3. The quantitative estimate of drug-likeness (QED) is 0.852. The van der Waals surface area contributed by atoms with Crippen molar-refractivity contribution in [2.75, 3.05) is 7.05 Å². The van der Waals surface area contributed by atoms with Gasteiger partial charge in [-0.25, -0.2) is 8.42 Å². The zero-order chi connectivity index (χ0) is 14.6. The first-order chi connectivity index (χ1) is 8.84. The zero-order valence-corrected chi connectivity index (χ0v) is 12.0. The van der Waals surface area contributed by atoms with Crippen molar-refractivity contribution in [3.63, 3.8) is 0 Å². The molecule has 0 saturated heterocycles. The van der Waals surface area contributed by atoms with Gasteiger partial charge in [0.05, 0.1) is 28.0 Å². The van der Waals surface area contributed by atoms with E-state index in [1.165, 1.54) is 25.2 Å². The minimum Gasteiger partial charge on any atom is -0.207 e. The van der Waals surface area contributed by atoms with Crippen LogP contribution in [0.15, 0.2) is 23.1 Å². The van der Waals surface area contributed by atoms with Gasteiger partial charge in [0, 0.05) is 13.1 Å². The first kappa shape index (κ1) is 15.5. The lowest BCUT2D eigenvalue weighted by Crippen LogP contribution is -2.34. The van der Waals surface area contributed by atoms with E-state index < -0.39 is 16.1 Å². The molecule has 0 aliphatic rings. The molecule has 1 rings (SSSR count). The van der Waals surface area contributed by atoms with Crippen LogP contribution in [0.5, 0.6) is 0 Å². The van der Waals surface area contributed by atoms with Crippen molar-refractivity contribution in [2.24, 2.45) is 0 Å². The summed E-state index contributed by atoms with van der Waals surface area (Å²) in [6.07, 6.45) is 0.0970. The molecule has 5 nitrogen and oxygen atoms in total. The average Bonchev–Trinajstić information content (AvgIpc) is 2.37. The molecule has 0 spiro atoms. The molecule has 1 aromatic rings. The third-order valence-electron chi connectivity index (χ3n) is 2.75. The Hall–Kier alpha value is -1.60. The van der Waals surface area contributed by atoms with Crippen LogP contribution in [0.1, 0.15) is 18.9 Å². The Morgan fingerprint density at radius 2 is 2.05 bits per heavy atom. The van der Waals surface area contributed by atoms with Gasteiger partial charge < -0.3 is 0 Å². The van der Waals surface area contributed by atoms with Gasteiger partial charge >= 0.3 is 0 Å². The SMILES string of the molecule is CC(CC#N)N(C)S(=O)(=O)c1ccc(C#N)c(Cl)c1. The van der Waals surface area contributed by atoms with E-state index in [2.05, 4.69) is 0 Å². The standard InChI is InChI=1S/C12H12ClN3O2S/c1-9(5-6-14)16(2)19(17,18)11-4-3-10(8-15)12(13)7-11/h3-4,7,9H,5H2,1-2H3. The van der Waals surface area contributed by atoms with Crippen molar-refractivity contribution < 1.29 is 8.42 Å². The maximum absolute atomic E-state index is 12.3. The second-order valence-corrected chi connectivity index (χ2v) is 6.39. The number of hydrogen-bond donors (Lipinski definition) is 0. The van der Waals surface area contributed by atoms with Crippen molar-refractivity contribution in [1.29, 1.82) is 10.5 Å². The molecule has 1 atom stereocenters. The highest BCUT2D eigenvalue weighted by Crippen LogP contribution is 2.23. The molecule has 1 aromatic carbocycles. The van der Waals surface area contributed by atoms with Crippen LogP contribution in [0.25, 0.3) is 0 Å². The lowest BCUT2D eigenvalue weighted by molar-refractivity contribution is 0.393. The predicted molar refractivity (Wildman–Crippen MR) is 70.8 cm³/mol. The molecular weight excluding hydrogens is 286 g/mol. The number of hydrogen-bond acceptors (Lipinski definition) is 4. The Kier molecular flexibility index (Phi) is 4.90. The lowest BCUT2D eigenvalue weighted by Gasteiger charge is -2.22. The first-order valence-electron chi connectivity index (χ1n) is 5.39. The van der Waals surface area contributed by atoms with Crippen LogP contribution in [0.3, 0.4) is 0 Å². The molecule has 0 amide bonds. The average molecular weight is 298 g/mol. The van der Waals surface area contributed by atoms with Gasteiger partial charge in [0.15, 0.2) is 0 Å². The van der Waals surface area contributed by atoms with Gasteiger partial charge in [-0.1, -0.05) is 11.6 Å². The molecule has 0 heterocycles. The topological polar surface area (TPSA) is 85.0 Å². The molecular formula is C12H12ClN3O2S. The number of nitriles is 2. The number of rotatable bonds is 4. The summed E-state index contributed by atoms with van der Waals surface area (Å²) in [6.45, 7) is 1.64. The van der Waals surface area contributed by atoms with Crippen LogP contribution in [0, 0.1) is 22.7 Å². The first-order valence-corrected chi connectivity index (χ1v) is 7.21. The summed E-state index contributed by atoms with van der Waals surface area (Å²) in [5.74, 6) is 0. The van der Waals surface area contributed by atoms with Crippen molar-refractivity contribution >= 4 is 21.6 Å². The fraction of sp³-hybridized carbons (Fsp3) is 0.333. The van der Waals surface area contributed by atoms with Gasteiger partial charge in [-0.15, -0.1) is 0 Å². The van der Waals surface area contributed by atoms with Crippen LogP contribution < -0.4 is 0 Å². The summed E-state index contributed by atoms with van der Waals surface area (Å²) < 4.78 is 25.7. The van der Waals surface area contributed by atoms with E-state index in [4.69, 9.17) is 22.1 Å². The molecule has 0 N–H and O–H groups in total. The summed E-state index contributed by atoms with van der Waals surface area (Å²) in [4.78, 5) is 0.00351. The van der Waals surface area contributed by atoms with Crippen molar-refractivity contribution in [3.05, 3.63) is 28.8 Å². The van der Waals surface area contributed by atoms with Crippen LogP contribution in [0.2, 0.25) is 5.02 Å². The Morgan fingerprint density at radius 1 is 1.42 bits per heavy atom. The Morgan fingerprint density at radius 3 is 2.53 bits per heavy atom. The molecule has 0 radical (unpaired) electrons. The van der Waals surface area contributed by atoms with Crippen molar-refractivity contribution in [3.8, 4) is 12.1 Å². The monoisotopic (exact) mass is 297 g/mol. The van der Waals surface area contributed by atoms with E-state index in [1.54, 1.807) is 6.92 Å². The minimum absolute atomic E-state index is 0.00351. The van der Waals surface area contributed by atoms with Crippen LogP contribution in [-0.4, -0.2) is 25.8 Å². The second-order valence-electron chi connectivity index (χ2n) is 3.99. The fourth-order valence-electron chi connectivity index (χ4n) is 1.41. The lowest BCUT2D eigenvalue weighted by atomic mass is 10.2. The minimum atomic E-state index is -3.72. The number of nitrogens with zero attached hydrogens (tertiary/aromatic N) is 3. The van der Waals surface area contributed by atoms with E-state index >= 15 is 0 Å². The molecule has 19 heavy (non-hydrogen) atoms. The van der Waals surface area contributed by atoms with E-state index in [-0.39, 0.29) is 21.9 Å². The summed E-state index contributed by atoms with van der Waals surface area (Å²) in [5.41, 5.74) is 0.216. The predicted octanol–water partition coefficient (Wildman–Crippen LogP) is 2.13. The van der Waals surface area contributed by atoms with Gasteiger partial charge in [-0.05, 0) is 25.1 Å². The zero-order valence-electron chi connectivity index (χ0n) is 10.5. The summed E-state index contributed by atoms with van der Waals surface area (Å²) in [5, 5.41) is 17.4. The highest BCUT2D eigenvalue weighted by atomic mass is 35.5. The van der Waals surface area contributed by atoms with Crippen molar-refractivity contribution in [2.45, 2.75) is 24.3 Å². The third kappa shape index (κ3) is 3.24. The molecule has 100 valence electrons. The number of benzene rings is 1. The maximum Gasteiger partial charge on any atom is 0.243 e. The molecule has 0 saturated carbocycles. The van der Waals surface area contributed by atoms with Gasteiger partial charge in [0.2, 0.25) is 10.0 Å². The van der Waals surface area contributed by atoms with E-state index in [1.807, 2.05) is 12.1 Å². The highest BCUT2D eigenvalue weighted by Gasteiger charge is 2.25. The van der Waals surface area contributed by atoms with E-state index in [0.717, 1.165) is 4.31 Å². The number of halogens is 1. The molecule has 7 heteroatoms. The van der Waals surface area contributed by atoms with Gasteiger partial charge in [-0.3, -0.25) is 0 Å². The molecule has 0 bridgehead atoms. The highest BCUT2D eigenvalue weighted by molar-refractivity contribution is 7.89. The molecule has 1 unspecified atom stereocenters. The molecule has 0 aliphatic heterocycles. The summed E-state index contributed by atoms with van der Waals surface area (Å²) in [7, 11) is -2.31. The summed E-state index contributed by atoms with van der Waals surface area (Å²) in [6, 6.07) is 7.28. The Balaban J connectivity index is 3.18. The molecule has 0 aliphatic carbocycles. The van der Waals surface area contributed by atoms with Gasteiger partial charge in [0.25, 0.3) is 0 Å². The second kappa shape index (κ2) is 6.03. The smallest absolute Gasteiger partial charge is 0.207 e. The van der Waals surface area contributed by atoms with Crippen LogP contribution in [-0.2, 0) is 10.0 Å². The third-order valence-corrected chi connectivity index (χ3v) is 5.03. The van der Waals surface area contributed by atoms with Gasteiger partial charge in [-0.2, -0.15) is 14.8 Å². The van der Waals surface area contributed by atoms with Crippen LogP contribution in [0.4, 0.5) is 0 Å². The van der Waals surface area contributed by atoms with E-state index in [0.29, 0.717) is 0 Å². The normalized spacial score (nSPS) is 12.7. The molecule has 0 fully saturated rings. The number of sulfonamides is 1. The molecule has 0 aromatic heterocycles. The van der Waals surface area contributed by atoms with E-state index in [9.17, 15) is 8.42 Å². The Bertz CT molecular complexity index is 659. The summed E-state index contributed by atoms with van der Waals surface area (Å²) >= 11 is 5.82.